The number of primary amides is 1. The first kappa shape index (κ1) is 8.00. The van der Waals surface area contributed by atoms with Gasteiger partial charge in [-0.1, -0.05) is 0 Å². The number of hydrogen-bond acceptors (Lipinski definition) is 3. The molecule has 0 aromatic carbocycles. The molecule has 0 aliphatic rings. The van der Waals surface area contributed by atoms with Gasteiger partial charge in [-0.05, 0) is 6.07 Å². The Morgan fingerprint density at radius 2 is 2.46 bits per heavy atom. The number of rotatable bonds is 2. The van der Waals surface area contributed by atoms with Gasteiger partial charge in [-0.2, -0.15) is 0 Å². The number of amides is 1. The Bertz CT molecular complexity index is 418. The van der Waals surface area contributed by atoms with Crippen molar-refractivity contribution in [3.63, 3.8) is 0 Å². The van der Waals surface area contributed by atoms with Gasteiger partial charge in [0.2, 0.25) is 0 Å². The van der Waals surface area contributed by atoms with Gasteiger partial charge in [0.1, 0.15) is 5.69 Å². The van der Waals surface area contributed by atoms with Crippen LogP contribution in [0.3, 0.4) is 0 Å². The molecule has 0 fully saturated rings. The number of nitrogens with two attached hydrogens (primary N) is 1. The van der Waals surface area contributed by atoms with Crippen LogP contribution in [0, 0.1) is 0 Å². The van der Waals surface area contributed by atoms with E-state index in [4.69, 9.17) is 5.73 Å². The van der Waals surface area contributed by atoms with Crippen LogP contribution in [-0.2, 0) is 0 Å². The minimum Gasteiger partial charge on any atom is -0.364 e. The predicted molar refractivity (Wildman–Crippen MR) is 50.4 cm³/mol. The van der Waals surface area contributed by atoms with Crippen molar-refractivity contribution in [3.8, 4) is 11.3 Å². The van der Waals surface area contributed by atoms with Gasteiger partial charge in [-0.3, -0.25) is 4.79 Å². The van der Waals surface area contributed by atoms with E-state index in [1.54, 1.807) is 17.8 Å². The minimum atomic E-state index is -0.457. The lowest BCUT2D eigenvalue weighted by Crippen LogP contribution is -2.10. The van der Waals surface area contributed by atoms with Crippen molar-refractivity contribution >= 4 is 17.2 Å². The summed E-state index contributed by atoms with van der Waals surface area (Å²) >= 11 is 1.51. The molecular weight excluding hydrogens is 186 g/mol. The molecule has 2 heterocycles. The van der Waals surface area contributed by atoms with Crippen LogP contribution in [0.2, 0.25) is 0 Å². The second-order valence-electron chi connectivity index (χ2n) is 2.54. The lowest BCUT2D eigenvalue weighted by Gasteiger charge is -1.86. The number of carbonyl (C=O) groups is 1. The third-order valence-corrected chi connectivity index (χ3v) is 2.26. The van der Waals surface area contributed by atoms with Crippen LogP contribution < -0.4 is 5.73 Å². The lowest BCUT2D eigenvalue weighted by atomic mass is 10.2. The SMILES string of the molecule is NC(=O)c1cc(-c2cscn2)c[nH]1. The van der Waals surface area contributed by atoms with E-state index in [1.165, 1.54) is 11.3 Å². The first-order valence-electron chi connectivity index (χ1n) is 3.64. The van der Waals surface area contributed by atoms with Gasteiger partial charge >= 0.3 is 0 Å². The largest absolute Gasteiger partial charge is 0.364 e. The van der Waals surface area contributed by atoms with Crippen molar-refractivity contribution in [1.29, 1.82) is 0 Å². The average molecular weight is 193 g/mol. The highest BCUT2D eigenvalue weighted by Gasteiger charge is 2.06. The molecule has 0 bridgehead atoms. The van der Waals surface area contributed by atoms with Crippen LogP contribution in [0.5, 0.6) is 0 Å². The summed E-state index contributed by atoms with van der Waals surface area (Å²) in [5.41, 5.74) is 8.98. The highest BCUT2D eigenvalue weighted by atomic mass is 32.1. The van der Waals surface area contributed by atoms with Crippen molar-refractivity contribution in [3.05, 3.63) is 28.8 Å². The summed E-state index contributed by atoms with van der Waals surface area (Å²) in [5, 5.41) is 1.91. The third-order valence-electron chi connectivity index (χ3n) is 1.68. The molecule has 0 saturated carbocycles. The van der Waals surface area contributed by atoms with Gasteiger partial charge in [0.05, 0.1) is 11.2 Å². The van der Waals surface area contributed by atoms with Crippen LogP contribution in [0.4, 0.5) is 0 Å². The average Bonchev–Trinajstić information content (AvgIpc) is 2.75. The Kier molecular flexibility index (Phi) is 1.86. The van der Waals surface area contributed by atoms with E-state index in [9.17, 15) is 4.79 Å². The lowest BCUT2D eigenvalue weighted by molar-refractivity contribution is 0.0996. The highest BCUT2D eigenvalue weighted by molar-refractivity contribution is 7.07. The topological polar surface area (TPSA) is 71.8 Å². The molecule has 5 heteroatoms. The Hall–Kier alpha value is -1.62. The molecule has 2 rings (SSSR count). The van der Waals surface area contributed by atoms with Gasteiger partial charge < -0.3 is 10.7 Å². The number of aromatic nitrogens is 2. The normalized spacial score (nSPS) is 10.2. The summed E-state index contributed by atoms with van der Waals surface area (Å²) in [6.07, 6.45) is 1.72. The first-order valence-corrected chi connectivity index (χ1v) is 4.58. The van der Waals surface area contributed by atoms with E-state index in [2.05, 4.69) is 9.97 Å². The molecule has 0 atom stereocenters. The van der Waals surface area contributed by atoms with Crippen molar-refractivity contribution in [1.82, 2.24) is 9.97 Å². The van der Waals surface area contributed by atoms with E-state index in [1.807, 2.05) is 5.38 Å². The summed E-state index contributed by atoms with van der Waals surface area (Å²) in [4.78, 5) is 17.6. The van der Waals surface area contributed by atoms with E-state index >= 15 is 0 Å². The first-order chi connectivity index (χ1) is 6.27. The number of aromatic amines is 1. The molecule has 0 unspecified atom stereocenters. The summed E-state index contributed by atoms with van der Waals surface area (Å²) in [6, 6.07) is 1.69. The molecule has 0 saturated heterocycles. The zero-order valence-electron chi connectivity index (χ0n) is 6.65. The van der Waals surface area contributed by atoms with Gasteiger partial charge in [0.25, 0.3) is 5.91 Å². The number of hydrogen-bond donors (Lipinski definition) is 2. The maximum Gasteiger partial charge on any atom is 0.265 e. The number of H-pyrrole nitrogens is 1. The van der Waals surface area contributed by atoms with Crippen LogP contribution in [0.25, 0.3) is 11.3 Å². The monoisotopic (exact) mass is 193 g/mol. The molecule has 13 heavy (non-hydrogen) atoms. The molecular formula is C8H7N3OS. The molecule has 0 aliphatic carbocycles. The van der Waals surface area contributed by atoms with Gasteiger partial charge in [0, 0.05) is 17.1 Å². The molecule has 3 N–H and O–H groups in total. The molecule has 66 valence electrons. The van der Waals surface area contributed by atoms with Crippen molar-refractivity contribution in [2.45, 2.75) is 0 Å². The second-order valence-corrected chi connectivity index (χ2v) is 3.26. The van der Waals surface area contributed by atoms with Crippen molar-refractivity contribution in [2.24, 2.45) is 5.73 Å². The Morgan fingerprint density at radius 1 is 1.62 bits per heavy atom. The highest BCUT2D eigenvalue weighted by Crippen LogP contribution is 2.19. The number of carbonyl (C=O) groups excluding carboxylic acids is 1. The Balaban J connectivity index is 2.39. The Labute approximate surface area is 78.4 Å². The fraction of sp³-hybridized carbons (Fsp3) is 0. The fourth-order valence-electron chi connectivity index (χ4n) is 1.04. The second kappa shape index (κ2) is 3.02. The summed E-state index contributed by atoms with van der Waals surface area (Å²) in [7, 11) is 0. The minimum absolute atomic E-state index is 0.406. The predicted octanol–water partition coefficient (Wildman–Crippen LogP) is 1.24. The number of thiazole rings is 1. The smallest absolute Gasteiger partial charge is 0.265 e. The van der Waals surface area contributed by atoms with E-state index in [-0.39, 0.29) is 0 Å². The molecule has 1 amide bonds. The van der Waals surface area contributed by atoms with Gasteiger partial charge in [-0.15, -0.1) is 11.3 Å². The zero-order valence-corrected chi connectivity index (χ0v) is 7.47. The summed E-state index contributed by atoms with van der Waals surface area (Å²) in [6.45, 7) is 0. The van der Waals surface area contributed by atoms with Crippen LogP contribution in [-0.4, -0.2) is 15.9 Å². The maximum atomic E-state index is 10.8. The van der Waals surface area contributed by atoms with Gasteiger partial charge in [0.15, 0.2) is 0 Å². The number of nitrogens with one attached hydrogen (secondary N) is 1. The third kappa shape index (κ3) is 1.46. The van der Waals surface area contributed by atoms with Crippen molar-refractivity contribution in [2.75, 3.05) is 0 Å². The Morgan fingerprint density at radius 3 is 3.00 bits per heavy atom. The van der Waals surface area contributed by atoms with Crippen molar-refractivity contribution < 1.29 is 4.79 Å². The van der Waals surface area contributed by atoms with Crippen LogP contribution in [0.15, 0.2) is 23.2 Å². The molecule has 2 aromatic rings. The molecule has 0 radical (unpaired) electrons. The van der Waals surface area contributed by atoms with Gasteiger partial charge in [-0.25, -0.2) is 4.98 Å². The van der Waals surface area contributed by atoms with E-state index < -0.39 is 5.91 Å². The molecule has 4 nitrogen and oxygen atoms in total. The number of nitrogens with zero attached hydrogens (tertiary/aromatic N) is 1. The molecule has 0 spiro atoms. The zero-order chi connectivity index (χ0) is 9.26. The van der Waals surface area contributed by atoms with E-state index in [0.29, 0.717) is 5.69 Å². The quantitative estimate of drug-likeness (QED) is 0.753. The molecule has 2 aromatic heterocycles. The summed E-state index contributed by atoms with van der Waals surface area (Å²) in [5.74, 6) is -0.457. The van der Waals surface area contributed by atoms with Crippen LogP contribution >= 0.6 is 11.3 Å². The summed E-state index contributed by atoms with van der Waals surface area (Å²) < 4.78 is 0. The maximum absolute atomic E-state index is 10.8. The van der Waals surface area contributed by atoms with Crippen LogP contribution in [0.1, 0.15) is 10.5 Å². The van der Waals surface area contributed by atoms with E-state index in [0.717, 1.165) is 11.3 Å². The standard InChI is InChI=1S/C8H7N3OS/c9-8(12)6-1-5(2-10-6)7-3-13-4-11-7/h1-4,10H,(H2,9,12). The fourth-order valence-corrected chi connectivity index (χ4v) is 1.60. The molecule has 0 aliphatic heterocycles.